The largest absolute Gasteiger partial charge is 0.376 e. The van der Waals surface area contributed by atoms with Gasteiger partial charge >= 0.3 is 6.03 Å². The van der Waals surface area contributed by atoms with Gasteiger partial charge in [-0.15, -0.1) is 5.10 Å². The molecule has 1 aliphatic rings. The topological polar surface area (TPSA) is 81.1 Å². The normalized spacial score (nSPS) is 16.9. The highest BCUT2D eigenvalue weighted by atomic mass is 16.5. The maximum Gasteiger partial charge on any atom is 0.315 e. The number of benzene rings is 1. The number of amides is 2. The minimum atomic E-state index is -0.234. The van der Waals surface area contributed by atoms with Crippen molar-refractivity contribution in [1.29, 1.82) is 0 Å². The highest BCUT2D eigenvalue weighted by molar-refractivity contribution is 5.74. The fraction of sp³-hybridized carbons (Fsp3) is 0.471. The van der Waals surface area contributed by atoms with E-state index in [2.05, 4.69) is 20.9 Å². The number of hydrogen-bond acceptors (Lipinski definition) is 4. The molecule has 0 aliphatic heterocycles. The van der Waals surface area contributed by atoms with Crippen molar-refractivity contribution >= 4 is 6.03 Å². The number of urea groups is 1. The van der Waals surface area contributed by atoms with Crippen molar-refractivity contribution in [2.45, 2.75) is 37.8 Å². The van der Waals surface area contributed by atoms with Gasteiger partial charge in [0.15, 0.2) is 0 Å². The SMILES string of the molecule is COC1(CNC(=O)N[C@H](C)c2cn(-c3ccccc3)nn2)CCC1. The zero-order chi connectivity index (χ0) is 17.0. The predicted octanol–water partition coefficient (Wildman–Crippen LogP) is 2.20. The number of methoxy groups -OCH3 is 1. The van der Waals surface area contributed by atoms with E-state index in [1.807, 2.05) is 43.5 Å². The molecule has 2 amide bonds. The number of nitrogens with one attached hydrogen (secondary N) is 2. The third-order valence-electron chi connectivity index (χ3n) is 4.59. The first-order valence-electron chi connectivity index (χ1n) is 8.19. The summed E-state index contributed by atoms with van der Waals surface area (Å²) in [5, 5.41) is 14.0. The molecule has 1 aliphatic carbocycles. The van der Waals surface area contributed by atoms with Crippen LogP contribution >= 0.6 is 0 Å². The first-order chi connectivity index (χ1) is 11.6. The Bertz CT molecular complexity index is 676. The summed E-state index contributed by atoms with van der Waals surface area (Å²) in [6.45, 7) is 2.41. The van der Waals surface area contributed by atoms with E-state index in [0.717, 1.165) is 24.9 Å². The van der Waals surface area contributed by atoms with Crippen molar-refractivity contribution in [2.75, 3.05) is 13.7 Å². The molecule has 0 spiro atoms. The molecular weight excluding hydrogens is 306 g/mol. The van der Waals surface area contributed by atoms with E-state index >= 15 is 0 Å². The van der Waals surface area contributed by atoms with Crippen LogP contribution in [0.3, 0.4) is 0 Å². The Morgan fingerprint density at radius 1 is 1.38 bits per heavy atom. The molecule has 3 rings (SSSR count). The van der Waals surface area contributed by atoms with Crippen LogP contribution in [0.25, 0.3) is 5.69 Å². The molecule has 0 bridgehead atoms. The number of hydrogen-bond donors (Lipinski definition) is 2. The monoisotopic (exact) mass is 329 g/mol. The molecule has 2 aromatic rings. The van der Waals surface area contributed by atoms with E-state index in [1.54, 1.807) is 11.8 Å². The molecule has 1 aromatic heterocycles. The zero-order valence-electron chi connectivity index (χ0n) is 14.0. The molecule has 0 radical (unpaired) electrons. The fourth-order valence-corrected chi connectivity index (χ4v) is 2.77. The smallest absolute Gasteiger partial charge is 0.315 e. The average molecular weight is 329 g/mol. The van der Waals surface area contributed by atoms with E-state index in [-0.39, 0.29) is 17.7 Å². The fourth-order valence-electron chi connectivity index (χ4n) is 2.77. The van der Waals surface area contributed by atoms with Crippen molar-refractivity contribution in [3.8, 4) is 5.69 Å². The molecule has 7 heteroatoms. The zero-order valence-corrected chi connectivity index (χ0v) is 14.0. The predicted molar refractivity (Wildman–Crippen MR) is 89.9 cm³/mol. The van der Waals surface area contributed by atoms with E-state index in [9.17, 15) is 4.79 Å². The molecule has 2 N–H and O–H groups in total. The number of aromatic nitrogens is 3. The van der Waals surface area contributed by atoms with Gasteiger partial charge in [-0.05, 0) is 38.3 Å². The standard InChI is InChI=1S/C17H23N5O2/c1-13(19-16(23)18-12-17(24-2)9-6-10-17)15-11-22(21-20-15)14-7-4-3-5-8-14/h3-5,7-8,11,13H,6,9-10,12H2,1-2H3,(H2,18,19,23)/t13-/m1/s1. The van der Waals surface area contributed by atoms with Crippen molar-refractivity contribution in [3.63, 3.8) is 0 Å². The van der Waals surface area contributed by atoms with Gasteiger partial charge in [0.25, 0.3) is 0 Å². The Balaban J connectivity index is 1.54. The quantitative estimate of drug-likeness (QED) is 0.851. The van der Waals surface area contributed by atoms with E-state index < -0.39 is 0 Å². The number of rotatable bonds is 6. The van der Waals surface area contributed by atoms with Gasteiger partial charge in [-0.25, -0.2) is 9.48 Å². The molecule has 1 saturated carbocycles. The third kappa shape index (κ3) is 3.56. The molecule has 24 heavy (non-hydrogen) atoms. The molecule has 0 unspecified atom stereocenters. The maximum atomic E-state index is 12.1. The van der Waals surface area contributed by atoms with E-state index in [0.29, 0.717) is 12.2 Å². The van der Waals surface area contributed by atoms with Gasteiger partial charge < -0.3 is 15.4 Å². The average Bonchev–Trinajstić information content (AvgIpc) is 3.05. The van der Waals surface area contributed by atoms with Crippen LogP contribution in [0.15, 0.2) is 36.5 Å². The van der Waals surface area contributed by atoms with Gasteiger partial charge in [-0.2, -0.15) is 0 Å². The lowest BCUT2D eigenvalue weighted by atomic mass is 9.80. The van der Waals surface area contributed by atoms with Gasteiger partial charge in [0.2, 0.25) is 0 Å². The van der Waals surface area contributed by atoms with Crippen molar-refractivity contribution in [2.24, 2.45) is 0 Å². The lowest BCUT2D eigenvalue weighted by Gasteiger charge is -2.40. The Labute approximate surface area is 141 Å². The van der Waals surface area contributed by atoms with Gasteiger partial charge in [0.1, 0.15) is 5.69 Å². The lowest BCUT2D eigenvalue weighted by Crippen LogP contribution is -2.51. The second kappa shape index (κ2) is 7.00. The summed E-state index contributed by atoms with van der Waals surface area (Å²) in [4.78, 5) is 12.1. The summed E-state index contributed by atoms with van der Waals surface area (Å²) in [7, 11) is 1.70. The third-order valence-corrected chi connectivity index (χ3v) is 4.59. The first kappa shape index (κ1) is 16.4. The van der Waals surface area contributed by atoms with Gasteiger partial charge in [-0.1, -0.05) is 23.4 Å². The number of carbonyl (C=O) groups is 1. The van der Waals surface area contributed by atoms with E-state index in [1.165, 1.54) is 0 Å². The van der Waals surface area contributed by atoms with Crippen LogP contribution < -0.4 is 10.6 Å². The van der Waals surface area contributed by atoms with E-state index in [4.69, 9.17) is 4.74 Å². The summed E-state index contributed by atoms with van der Waals surface area (Å²) in [6, 6.07) is 9.28. The first-order valence-corrected chi connectivity index (χ1v) is 8.19. The van der Waals surface area contributed by atoms with Crippen LogP contribution in [0, 0.1) is 0 Å². The van der Waals surface area contributed by atoms with Gasteiger partial charge in [-0.3, -0.25) is 0 Å². The summed E-state index contributed by atoms with van der Waals surface area (Å²) in [6.07, 6.45) is 4.95. The summed E-state index contributed by atoms with van der Waals surface area (Å²) >= 11 is 0. The van der Waals surface area contributed by atoms with Crippen molar-refractivity contribution in [3.05, 3.63) is 42.2 Å². The summed E-state index contributed by atoms with van der Waals surface area (Å²) in [5.41, 5.74) is 1.45. The highest BCUT2D eigenvalue weighted by Gasteiger charge is 2.37. The Kier molecular flexibility index (Phi) is 4.80. The Hall–Kier alpha value is -2.41. The van der Waals surface area contributed by atoms with Crippen LogP contribution in [0.2, 0.25) is 0 Å². The minimum absolute atomic E-state index is 0.184. The minimum Gasteiger partial charge on any atom is -0.376 e. The molecule has 0 saturated heterocycles. The number of carbonyl (C=O) groups excluding carboxylic acids is 1. The number of para-hydroxylation sites is 1. The molecule has 7 nitrogen and oxygen atoms in total. The van der Waals surface area contributed by atoms with Gasteiger partial charge in [0, 0.05) is 13.7 Å². The molecule has 128 valence electrons. The Morgan fingerprint density at radius 3 is 2.75 bits per heavy atom. The molecular formula is C17H23N5O2. The van der Waals surface area contributed by atoms with Crippen LogP contribution in [0.5, 0.6) is 0 Å². The van der Waals surface area contributed by atoms with Crippen molar-refractivity contribution < 1.29 is 9.53 Å². The van der Waals surface area contributed by atoms with Crippen LogP contribution in [0.4, 0.5) is 4.79 Å². The van der Waals surface area contributed by atoms with Crippen LogP contribution in [-0.2, 0) is 4.74 Å². The van der Waals surface area contributed by atoms with Crippen molar-refractivity contribution in [1.82, 2.24) is 25.6 Å². The molecule has 1 aromatic carbocycles. The Morgan fingerprint density at radius 2 is 2.12 bits per heavy atom. The second-order valence-corrected chi connectivity index (χ2v) is 6.21. The highest BCUT2D eigenvalue weighted by Crippen LogP contribution is 2.34. The lowest BCUT2D eigenvalue weighted by molar-refractivity contribution is -0.0674. The molecule has 1 heterocycles. The maximum absolute atomic E-state index is 12.1. The molecule has 1 atom stereocenters. The molecule has 1 fully saturated rings. The number of ether oxygens (including phenoxy) is 1. The number of nitrogens with zero attached hydrogens (tertiary/aromatic N) is 3. The second-order valence-electron chi connectivity index (χ2n) is 6.21. The van der Waals surface area contributed by atoms with Gasteiger partial charge in [0.05, 0.1) is 23.5 Å². The van der Waals surface area contributed by atoms with Crippen LogP contribution in [-0.4, -0.2) is 40.3 Å². The van der Waals surface area contributed by atoms with Crippen LogP contribution in [0.1, 0.15) is 37.9 Å². The summed E-state index contributed by atoms with van der Waals surface area (Å²) in [5.74, 6) is 0. The summed E-state index contributed by atoms with van der Waals surface area (Å²) < 4.78 is 7.19.